The first kappa shape index (κ1) is 25.3. The van der Waals surface area contributed by atoms with E-state index in [0.717, 1.165) is 22.7 Å². The molecule has 36 heavy (non-hydrogen) atoms. The summed E-state index contributed by atoms with van der Waals surface area (Å²) in [5.41, 5.74) is -0.651. The monoisotopic (exact) mass is 498 g/mol. The van der Waals surface area contributed by atoms with Gasteiger partial charge >= 0.3 is 11.7 Å². The highest BCUT2D eigenvalue weighted by Gasteiger charge is 2.38. The van der Waals surface area contributed by atoms with Gasteiger partial charge in [0, 0.05) is 6.42 Å². The smallest absolute Gasteiger partial charge is 0.338 e. The van der Waals surface area contributed by atoms with Crippen LogP contribution in [0.5, 0.6) is 5.75 Å². The van der Waals surface area contributed by atoms with E-state index in [-0.39, 0.29) is 19.6 Å². The van der Waals surface area contributed by atoms with Crippen molar-refractivity contribution in [3.63, 3.8) is 0 Å². The van der Waals surface area contributed by atoms with Crippen molar-refractivity contribution in [3.8, 4) is 5.75 Å². The third-order valence-electron chi connectivity index (χ3n) is 5.66. The molecule has 0 aliphatic carbocycles. The highest BCUT2D eigenvalue weighted by Crippen LogP contribution is 2.31. The van der Waals surface area contributed by atoms with E-state index in [1.165, 1.54) is 0 Å². The Balaban J connectivity index is 1.44. The van der Waals surface area contributed by atoms with E-state index in [0.29, 0.717) is 17.9 Å². The van der Waals surface area contributed by atoms with Gasteiger partial charge in [-0.05, 0) is 36.2 Å². The molecule has 4 rings (SSSR count). The molecular weight excluding hydrogens is 471 g/mol. The highest BCUT2D eigenvalue weighted by atomic mass is 19.1. The Kier molecular flexibility index (Phi) is 8.29. The zero-order valence-corrected chi connectivity index (χ0v) is 19.7. The molecule has 10 heteroatoms. The van der Waals surface area contributed by atoms with Crippen LogP contribution in [-0.2, 0) is 20.8 Å². The molecule has 1 saturated heterocycles. The largest absolute Gasteiger partial charge is 0.494 e. The molecule has 2 aromatic carbocycles. The van der Waals surface area contributed by atoms with Gasteiger partial charge in [0.05, 0.1) is 31.1 Å². The van der Waals surface area contributed by atoms with Crippen molar-refractivity contribution in [1.82, 2.24) is 9.55 Å². The third-order valence-corrected chi connectivity index (χ3v) is 5.66. The fourth-order valence-electron chi connectivity index (χ4n) is 3.80. The Morgan fingerprint density at radius 1 is 1.14 bits per heavy atom. The van der Waals surface area contributed by atoms with Crippen molar-refractivity contribution in [2.75, 3.05) is 13.2 Å². The quantitative estimate of drug-likeness (QED) is 0.428. The van der Waals surface area contributed by atoms with Gasteiger partial charge in [0.15, 0.2) is 0 Å². The summed E-state index contributed by atoms with van der Waals surface area (Å²) in [7, 11) is 0. The molecule has 1 aromatic heterocycles. The highest BCUT2D eigenvalue weighted by molar-refractivity contribution is 5.89. The summed E-state index contributed by atoms with van der Waals surface area (Å²) in [6.07, 6.45) is -0.340. The lowest BCUT2D eigenvalue weighted by molar-refractivity contribution is -0.0709. The Morgan fingerprint density at radius 2 is 1.89 bits per heavy atom. The van der Waals surface area contributed by atoms with E-state index in [9.17, 15) is 18.8 Å². The molecule has 0 radical (unpaired) electrons. The predicted molar refractivity (Wildman–Crippen MR) is 127 cm³/mol. The van der Waals surface area contributed by atoms with Crippen molar-refractivity contribution < 1.29 is 28.1 Å². The Labute approximate surface area is 206 Å². The molecule has 3 atom stereocenters. The second-order valence-corrected chi connectivity index (χ2v) is 8.31. The zero-order valence-electron chi connectivity index (χ0n) is 19.7. The summed E-state index contributed by atoms with van der Waals surface area (Å²) in [4.78, 5) is 38.2. The summed E-state index contributed by atoms with van der Waals surface area (Å²) >= 11 is 0. The number of carbonyl (C=O) groups is 1. The van der Waals surface area contributed by atoms with Crippen molar-refractivity contribution in [1.29, 1.82) is 0 Å². The predicted octanol–water partition coefficient (Wildman–Crippen LogP) is 3.19. The van der Waals surface area contributed by atoms with Gasteiger partial charge in [-0.25, -0.2) is 9.59 Å². The molecule has 0 amide bonds. The number of ether oxygens (including phenoxy) is 4. The molecule has 1 aliphatic heterocycles. The van der Waals surface area contributed by atoms with E-state index in [4.69, 9.17) is 18.9 Å². The first-order valence-electron chi connectivity index (χ1n) is 11.7. The Hall–Kier alpha value is -3.76. The molecule has 1 unspecified atom stereocenters. The molecule has 1 fully saturated rings. The number of rotatable bonds is 10. The number of benzene rings is 2. The van der Waals surface area contributed by atoms with Crippen LogP contribution in [0.2, 0.25) is 0 Å². The van der Waals surface area contributed by atoms with Crippen LogP contribution in [-0.4, -0.2) is 40.9 Å². The van der Waals surface area contributed by atoms with Crippen molar-refractivity contribution in [3.05, 3.63) is 98.6 Å². The number of H-pyrrole nitrogens is 1. The molecule has 1 aliphatic rings. The van der Waals surface area contributed by atoms with Gasteiger partial charge in [0.1, 0.15) is 24.7 Å². The van der Waals surface area contributed by atoms with Crippen LogP contribution in [0.4, 0.5) is 4.39 Å². The Bertz CT molecular complexity index is 1270. The topological polar surface area (TPSA) is 109 Å². The van der Waals surface area contributed by atoms with Gasteiger partial charge in [0.2, 0.25) is 5.82 Å². The molecule has 0 bridgehead atoms. The molecular formula is C26H27FN2O7. The van der Waals surface area contributed by atoms with Crippen molar-refractivity contribution in [2.24, 2.45) is 0 Å². The van der Waals surface area contributed by atoms with Crippen LogP contribution in [0.3, 0.4) is 0 Å². The van der Waals surface area contributed by atoms with E-state index >= 15 is 0 Å². The normalized spacial score (nSPS) is 19.2. The first-order chi connectivity index (χ1) is 17.4. The number of carbonyl (C=O) groups excluding carboxylic acids is 1. The Morgan fingerprint density at radius 3 is 2.61 bits per heavy atom. The number of halogens is 1. The van der Waals surface area contributed by atoms with Crippen molar-refractivity contribution >= 4 is 5.97 Å². The first-order valence-corrected chi connectivity index (χ1v) is 11.7. The average Bonchev–Trinajstić information content (AvgIpc) is 3.30. The second kappa shape index (κ2) is 11.8. The lowest BCUT2D eigenvalue weighted by Crippen LogP contribution is -2.34. The number of nitrogens with zero attached hydrogens (tertiary/aromatic N) is 1. The van der Waals surface area contributed by atoms with Gasteiger partial charge in [-0.2, -0.15) is 4.39 Å². The lowest BCUT2D eigenvalue weighted by Gasteiger charge is -2.19. The number of aromatic nitrogens is 2. The summed E-state index contributed by atoms with van der Waals surface area (Å²) < 4.78 is 37.8. The fraction of sp³-hybridized carbons (Fsp3) is 0.346. The standard InChI is InChI=1S/C26H27FN2O7/c1-2-12-33-19-10-8-18(9-11-19)25(31)35-16-22-21(34-15-17-6-4-3-5-7-17)13-23(36-22)29-14-20(27)24(30)28-26(29)32/h3-11,14,21-23H,2,12-13,15-16H2,1H3,(H,28,30,32)/t21?,22-,23-/m0/s1. The summed E-state index contributed by atoms with van der Waals surface area (Å²) in [6.45, 7) is 2.70. The summed E-state index contributed by atoms with van der Waals surface area (Å²) in [5, 5.41) is 0. The number of hydrogen-bond acceptors (Lipinski definition) is 7. The van der Waals surface area contributed by atoms with E-state index in [2.05, 4.69) is 0 Å². The summed E-state index contributed by atoms with van der Waals surface area (Å²) in [6, 6.07) is 16.1. The van der Waals surface area contributed by atoms with Gasteiger partial charge in [-0.15, -0.1) is 0 Å². The number of nitrogens with one attached hydrogen (secondary N) is 1. The minimum atomic E-state index is -1.11. The minimum absolute atomic E-state index is 0.149. The minimum Gasteiger partial charge on any atom is -0.494 e. The molecule has 0 spiro atoms. The van der Waals surface area contributed by atoms with Crippen LogP contribution in [0.1, 0.15) is 41.9 Å². The molecule has 2 heterocycles. The van der Waals surface area contributed by atoms with E-state index < -0.39 is 41.5 Å². The molecule has 3 aromatic rings. The lowest BCUT2D eigenvalue weighted by atomic mass is 10.1. The van der Waals surface area contributed by atoms with Crippen LogP contribution < -0.4 is 16.0 Å². The maximum atomic E-state index is 13.8. The third kappa shape index (κ3) is 6.27. The maximum Gasteiger partial charge on any atom is 0.338 e. The van der Waals surface area contributed by atoms with Crippen LogP contribution >= 0.6 is 0 Å². The number of hydrogen-bond donors (Lipinski definition) is 1. The van der Waals surface area contributed by atoms with Crippen LogP contribution in [0, 0.1) is 5.82 Å². The van der Waals surface area contributed by atoms with E-state index in [1.54, 1.807) is 24.3 Å². The molecule has 1 N–H and O–H groups in total. The molecule has 0 saturated carbocycles. The maximum absolute atomic E-state index is 13.8. The fourth-order valence-corrected chi connectivity index (χ4v) is 3.80. The summed E-state index contributed by atoms with van der Waals surface area (Å²) in [5.74, 6) is -1.01. The van der Waals surface area contributed by atoms with Crippen LogP contribution in [0.25, 0.3) is 0 Å². The van der Waals surface area contributed by atoms with Crippen molar-refractivity contribution in [2.45, 2.75) is 44.8 Å². The number of aromatic amines is 1. The SMILES string of the molecule is CCCOc1ccc(C(=O)OC[C@@H]2O[C@H](n3cc(F)c(=O)[nH]c3=O)CC2OCc2ccccc2)cc1. The average molecular weight is 499 g/mol. The molecule has 9 nitrogen and oxygen atoms in total. The number of esters is 1. The molecule has 190 valence electrons. The van der Waals surface area contributed by atoms with Gasteiger partial charge in [-0.1, -0.05) is 37.3 Å². The van der Waals surface area contributed by atoms with E-state index in [1.807, 2.05) is 42.2 Å². The van der Waals surface area contributed by atoms with Gasteiger partial charge in [-0.3, -0.25) is 14.3 Å². The van der Waals surface area contributed by atoms with Crippen LogP contribution in [0.15, 0.2) is 70.4 Å². The van der Waals surface area contributed by atoms with Gasteiger partial charge in [0.25, 0.3) is 5.56 Å². The second-order valence-electron chi connectivity index (χ2n) is 8.31. The zero-order chi connectivity index (χ0) is 25.5. The van der Waals surface area contributed by atoms with Gasteiger partial charge < -0.3 is 18.9 Å².